The van der Waals surface area contributed by atoms with Crippen molar-refractivity contribution >= 4 is 28.9 Å². The second-order valence-corrected chi connectivity index (χ2v) is 5.36. The SMILES string of the molecule is CCOC(=O)c1cc(N)cc(Cl)c1N1CCOCC1CC. The standard InChI is InChI=1S/C15H21ClN2O3/c1-3-11-9-20-6-5-18(11)14-12(15(19)21-4-2)7-10(17)8-13(14)16/h7-8,11H,3-6,9,17H2,1-2H3. The number of nitrogens with two attached hydrogens (primary N) is 1. The van der Waals surface area contributed by atoms with Crippen LogP contribution >= 0.6 is 11.6 Å². The Morgan fingerprint density at radius 3 is 2.95 bits per heavy atom. The number of carbonyl (C=O) groups is 1. The summed E-state index contributed by atoms with van der Waals surface area (Å²) in [6.45, 7) is 6.09. The van der Waals surface area contributed by atoms with Gasteiger partial charge in [-0.1, -0.05) is 18.5 Å². The van der Waals surface area contributed by atoms with Gasteiger partial charge in [0.1, 0.15) is 0 Å². The fourth-order valence-corrected chi connectivity index (χ4v) is 2.90. The maximum atomic E-state index is 12.2. The molecule has 21 heavy (non-hydrogen) atoms. The van der Waals surface area contributed by atoms with Crippen LogP contribution in [-0.4, -0.2) is 38.4 Å². The van der Waals surface area contributed by atoms with Crippen LogP contribution in [0.5, 0.6) is 0 Å². The molecular formula is C15H21ClN2O3. The number of nitrogen functional groups attached to an aromatic ring is 1. The Bertz CT molecular complexity index is 522. The first kappa shape index (κ1) is 15.9. The van der Waals surface area contributed by atoms with E-state index in [2.05, 4.69) is 11.8 Å². The summed E-state index contributed by atoms with van der Waals surface area (Å²) in [7, 11) is 0. The van der Waals surface area contributed by atoms with E-state index in [1.165, 1.54) is 0 Å². The van der Waals surface area contributed by atoms with E-state index in [0.717, 1.165) is 6.42 Å². The summed E-state index contributed by atoms with van der Waals surface area (Å²) in [5.74, 6) is -0.400. The van der Waals surface area contributed by atoms with Gasteiger partial charge in [0.2, 0.25) is 0 Å². The Morgan fingerprint density at radius 2 is 2.29 bits per heavy atom. The Morgan fingerprint density at radius 1 is 1.52 bits per heavy atom. The molecule has 0 bridgehead atoms. The van der Waals surface area contributed by atoms with Gasteiger partial charge in [-0.2, -0.15) is 0 Å². The van der Waals surface area contributed by atoms with Crippen molar-refractivity contribution in [3.8, 4) is 0 Å². The van der Waals surface area contributed by atoms with Crippen molar-refractivity contribution in [2.75, 3.05) is 37.0 Å². The maximum Gasteiger partial charge on any atom is 0.340 e. The van der Waals surface area contributed by atoms with Crippen LogP contribution in [0.1, 0.15) is 30.6 Å². The van der Waals surface area contributed by atoms with E-state index in [-0.39, 0.29) is 6.04 Å². The van der Waals surface area contributed by atoms with E-state index in [4.69, 9.17) is 26.8 Å². The average Bonchev–Trinajstić information content (AvgIpc) is 2.47. The first-order valence-electron chi connectivity index (χ1n) is 7.19. The first-order chi connectivity index (χ1) is 10.1. The predicted molar refractivity (Wildman–Crippen MR) is 84.1 cm³/mol. The molecule has 1 heterocycles. The molecule has 1 atom stereocenters. The van der Waals surface area contributed by atoms with Gasteiger partial charge in [-0.05, 0) is 25.5 Å². The van der Waals surface area contributed by atoms with Crippen molar-refractivity contribution in [3.63, 3.8) is 0 Å². The molecule has 0 aromatic heterocycles. The third-order valence-electron chi connectivity index (χ3n) is 3.57. The van der Waals surface area contributed by atoms with Gasteiger partial charge in [0, 0.05) is 12.2 Å². The highest BCUT2D eigenvalue weighted by Gasteiger charge is 2.28. The summed E-state index contributed by atoms with van der Waals surface area (Å²) in [6, 6.07) is 3.48. The van der Waals surface area contributed by atoms with Crippen molar-refractivity contribution in [3.05, 3.63) is 22.7 Å². The van der Waals surface area contributed by atoms with Crippen LogP contribution in [0, 0.1) is 0 Å². The second-order valence-electron chi connectivity index (χ2n) is 4.95. The number of ether oxygens (including phenoxy) is 2. The van der Waals surface area contributed by atoms with Gasteiger partial charge in [-0.15, -0.1) is 0 Å². The van der Waals surface area contributed by atoms with Gasteiger partial charge in [-0.3, -0.25) is 0 Å². The lowest BCUT2D eigenvalue weighted by atomic mass is 10.1. The van der Waals surface area contributed by atoms with Crippen LogP contribution < -0.4 is 10.6 Å². The fourth-order valence-electron chi connectivity index (χ4n) is 2.56. The van der Waals surface area contributed by atoms with Crippen molar-refractivity contribution in [2.24, 2.45) is 0 Å². The predicted octanol–water partition coefficient (Wildman–Crippen LogP) is 2.71. The molecule has 0 aliphatic carbocycles. The summed E-state index contributed by atoms with van der Waals surface area (Å²) in [5.41, 5.74) is 7.39. The summed E-state index contributed by atoms with van der Waals surface area (Å²) < 4.78 is 10.6. The number of rotatable bonds is 4. The van der Waals surface area contributed by atoms with Crippen molar-refractivity contribution in [1.82, 2.24) is 0 Å². The number of hydrogen-bond acceptors (Lipinski definition) is 5. The van der Waals surface area contributed by atoms with Gasteiger partial charge in [0.25, 0.3) is 0 Å². The van der Waals surface area contributed by atoms with Crippen molar-refractivity contribution in [2.45, 2.75) is 26.3 Å². The quantitative estimate of drug-likeness (QED) is 0.684. The molecule has 2 N–H and O–H groups in total. The van der Waals surface area contributed by atoms with Crippen LogP contribution in [0.15, 0.2) is 12.1 Å². The minimum absolute atomic E-state index is 0.188. The summed E-state index contributed by atoms with van der Waals surface area (Å²) in [5, 5.41) is 0.471. The molecule has 0 saturated carbocycles. The Balaban J connectivity index is 2.47. The van der Waals surface area contributed by atoms with Crippen LogP contribution in [-0.2, 0) is 9.47 Å². The lowest BCUT2D eigenvalue weighted by Gasteiger charge is -2.38. The summed E-state index contributed by atoms with van der Waals surface area (Å²) >= 11 is 6.36. The number of carbonyl (C=O) groups excluding carboxylic acids is 1. The molecule has 116 valence electrons. The van der Waals surface area contributed by atoms with Gasteiger partial charge in [-0.25, -0.2) is 4.79 Å². The molecule has 5 nitrogen and oxygen atoms in total. The van der Waals surface area contributed by atoms with Crippen LogP contribution in [0.3, 0.4) is 0 Å². The topological polar surface area (TPSA) is 64.8 Å². The number of anilines is 2. The highest BCUT2D eigenvalue weighted by atomic mass is 35.5. The zero-order valence-corrected chi connectivity index (χ0v) is 13.2. The lowest BCUT2D eigenvalue weighted by molar-refractivity contribution is 0.0525. The Kier molecular flexibility index (Phi) is 5.31. The molecule has 1 aliphatic heterocycles. The smallest absolute Gasteiger partial charge is 0.340 e. The zero-order valence-electron chi connectivity index (χ0n) is 12.4. The molecule has 0 amide bonds. The molecule has 0 spiro atoms. The number of esters is 1. The third kappa shape index (κ3) is 3.41. The van der Waals surface area contributed by atoms with Crippen LogP contribution in [0.2, 0.25) is 5.02 Å². The van der Waals surface area contributed by atoms with Crippen LogP contribution in [0.25, 0.3) is 0 Å². The normalized spacial score (nSPS) is 18.6. The monoisotopic (exact) mass is 312 g/mol. The molecule has 1 saturated heterocycles. The zero-order chi connectivity index (χ0) is 15.4. The van der Waals surface area contributed by atoms with E-state index in [1.54, 1.807) is 19.1 Å². The highest BCUT2D eigenvalue weighted by Crippen LogP contribution is 2.35. The van der Waals surface area contributed by atoms with E-state index >= 15 is 0 Å². The minimum atomic E-state index is -0.400. The number of halogens is 1. The summed E-state index contributed by atoms with van der Waals surface area (Å²) in [4.78, 5) is 14.3. The largest absolute Gasteiger partial charge is 0.462 e. The van der Waals surface area contributed by atoms with E-state index in [9.17, 15) is 4.79 Å². The van der Waals surface area contributed by atoms with E-state index in [1.807, 2.05) is 0 Å². The first-order valence-corrected chi connectivity index (χ1v) is 7.56. The van der Waals surface area contributed by atoms with E-state index < -0.39 is 5.97 Å². The highest BCUT2D eigenvalue weighted by molar-refractivity contribution is 6.34. The third-order valence-corrected chi connectivity index (χ3v) is 3.86. The number of hydrogen-bond donors (Lipinski definition) is 1. The van der Waals surface area contributed by atoms with Crippen molar-refractivity contribution < 1.29 is 14.3 Å². The molecule has 0 radical (unpaired) electrons. The fraction of sp³-hybridized carbons (Fsp3) is 0.533. The summed E-state index contributed by atoms with van der Waals surface area (Å²) in [6.07, 6.45) is 0.906. The lowest BCUT2D eigenvalue weighted by Crippen LogP contribution is -2.46. The number of benzene rings is 1. The average molecular weight is 313 g/mol. The molecular weight excluding hydrogens is 292 g/mol. The molecule has 1 aromatic rings. The second kappa shape index (κ2) is 7.00. The van der Waals surface area contributed by atoms with E-state index in [0.29, 0.717) is 48.3 Å². The van der Waals surface area contributed by atoms with Gasteiger partial charge < -0.3 is 20.1 Å². The molecule has 1 fully saturated rings. The number of nitrogens with zero attached hydrogens (tertiary/aromatic N) is 1. The van der Waals surface area contributed by atoms with Gasteiger partial charge in [0.05, 0.1) is 42.1 Å². The molecule has 1 aromatic carbocycles. The minimum Gasteiger partial charge on any atom is -0.462 e. The maximum absolute atomic E-state index is 12.2. The molecule has 1 unspecified atom stereocenters. The Labute approximate surface area is 130 Å². The molecule has 1 aliphatic rings. The number of morpholine rings is 1. The van der Waals surface area contributed by atoms with Crippen LogP contribution in [0.4, 0.5) is 11.4 Å². The Hall–Kier alpha value is -1.46. The molecule has 6 heteroatoms. The van der Waals surface area contributed by atoms with Gasteiger partial charge in [0.15, 0.2) is 0 Å². The van der Waals surface area contributed by atoms with Crippen molar-refractivity contribution in [1.29, 1.82) is 0 Å². The molecule has 2 rings (SSSR count). The van der Waals surface area contributed by atoms with Gasteiger partial charge >= 0.3 is 5.97 Å².